The molecule has 2 amide bonds. The molecule has 0 fully saturated rings. The summed E-state index contributed by atoms with van der Waals surface area (Å²) in [5, 5.41) is 5.70. The first-order valence-corrected chi connectivity index (χ1v) is 9.90. The van der Waals surface area contributed by atoms with Gasteiger partial charge in [0.15, 0.2) is 0 Å². The highest BCUT2D eigenvalue weighted by Crippen LogP contribution is 2.14. The Balaban J connectivity index is 1.51. The largest absolute Gasteiger partial charge is 0.427 e. The average Bonchev–Trinajstić information content (AvgIpc) is 2.74. The lowest BCUT2D eigenvalue weighted by Gasteiger charge is -2.09. The van der Waals surface area contributed by atoms with Crippen molar-refractivity contribution in [2.45, 2.75) is 26.8 Å². The van der Waals surface area contributed by atoms with Crippen molar-refractivity contribution < 1.29 is 19.1 Å². The maximum Gasteiger partial charge on any atom is 0.308 e. The average molecular weight is 416 g/mol. The molecule has 6 heteroatoms. The van der Waals surface area contributed by atoms with Crippen molar-refractivity contribution in [2.24, 2.45) is 0 Å². The SMILES string of the molecule is CC(=O)Oc1cccc(C(=O)NCc2ccc(NC(=O)Cc3ccc(C)cc3)cc2)c1. The van der Waals surface area contributed by atoms with Crippen molar-refractivity contribution in [1.82, 2.24) is 5.32 Å². The van der Waals surface area contributed by atoms with Crippen LogP contribution in [0.4, 0.5) is 5.69 Å². The fourth-order valence-electron chi connectivity index (χ4n) is 2.95. The molecule has 3 rings (SSSR count). The normalized spacial score (nSPS) is 10.3. The van der Waals surface area contributed by atoms with Crippen LogP contribution in [-0.2, 0) is 22.6 Å². The van der Waals surface area contributed by atoms with E-state index in [9.17, 15) is 14.4 Å². The van der Waals surface area contributed by atoms with Gasteiger partial charge >= 0.3 is 5.97 Å². The summed E-state index contributed by atoms with van der Waals surface area (Å²) in [7, 11) is 0. The number of carbonyl (C=O) groups is 3. The van der Waals surface area contributed by atoms with E-state index in [0.717, 1.165) is 16.7 Å². The molecule has 0 saturated heterocycles. The minimum Gasteiger partial charge on any atom is -0.427 e. The van der Waals surface area contributed by atoms with Crippen LogP contribution in [0.5, 0.6) is 5.75 Å². The van der Waals surface area contributed by atoms with Crippen LogP contribution in [-0.4, -0.2) is 17.8 Å². The molecule has 0 aliphatic heterocycles. The van der Waals surface area contributed by atoms with E-state index in [1.54, 1.807) is 30.3 Å². The van der Waals surface area contributed by atoms with E-state index in [0.29, 0.717) is 30.0 Å². The van der Waals surface area contributed by atoms with E-state index in [-0.39, 0.29) is 11.8 Å². The zero-order valence-corrected chi connectivity index (χ0v) is 17.5. The Labute approximate surface area is 181 Å². The molecule has 2 N–H and O–H groups in total. The van der Waals surface area contributed by atoms with E-state index in [1.165, 1.54) is 13.0 Å². The zero-order valence-electron chi connectivity index (χ0n) is 17.5. The number of esters is 1. The van der Waals surface area contributed by atoms with Gasteiger partial charge in [-0.15, -0.1) is 0 Å². The molecule has 0 heterocycles. The lowest BCUT2D eigenvalue weighted by Crippen LogP contribution is -2.22. The van der Waals surface area contributed by atoms with Crippen LogP contribution in [0, 0.1) is 6.92 Å². The van der Waals surface area contributed by atoms with Gasteiger partial charge in [0.2, 0.25) is 5.91 Å². The van der Waals surface area contributed by atoms with Gasteiger partial charge in [-0.25, -0.2) is 0 Å². The molecule has 3 aromatic rings. The van der Waals surface area contributed by atoms with Crippen LogP contribution in [0.1, 0.15) is 34.0 Å². The summed E-state index contributed by atoms with van der Waals surface area (Å²) in [5.74, 6) is -0.475. The second kappa shape index (κ2) is 10.2. The number of ether oxygens (including phenoxy) is 1. The summed E-state index contributed by atoms with van der Waals surface area (Å²) in [6, 6.07) is 21.6. The molecule has 0 bridgehead atoms. The standard InChI is InChI=1S/C25H24N2O4/c1-17-6-8-19(9-7-17)14-24(29)27-22-12-10-20(11-13-22)16-26-25(30)21-4-3-5-23(15-21)31-18(2)28/h3-13,15H,14,16H2,1-2H3,(H,26,30)(H,27,29). The first kappa shape index (κ1) is 21.8. The highest BCUT2D eigenvalue weighted by atomic mass is 16.5. The third-order valence-corrected chi connectivity index (χ3v) is 4.53. The third-order valence-electron chi connectivity index (χ3n) is 4.53. The van der Waals surface area contributed by atoms with Crippen molar-refractivity contribution in [3.8, 4) is 5.75 Å². The van der Waals surface area contributed by atoms with Gasteiger partial charge in [0.25, 0.3) is 5.91 Å². The minimum atomic E-state index is -0.441. The molecule has 0 aliphatic carbocycles. The summed E-state index contributed by atoms with van der Waals surface area (Å²) in [4.78, 5) is 35.6. The summed E-state index contributed by atoms with van der Waals surface area (Å²) in [6.45, 7) is 3.64. The fourth-order valence-corrected chi connectivity index (χ4v) is 2.95. The van der Waals surface area contributed by atoms with E-state index in [2.05, 4.69) is 10.6 Å². The van der Waals surface area contributed by atoms with Crippen LogP contribution in [0.15, 0.2) is 72.8 Å². The van der Waals surface area contributed by atoms with Crippen LogP contribution in [0.25, 0.3) is 0 Å². The lowest BCUT2D eigenvalue weighted by molar-refractivity contribution is -0.131. The maximum atomic E-state index is 12.4. The van der Waals surface area contributed by atoms with E-state index in [4.69, 9.17) is 4.74 Å². The topological polar surface area (TPSA) is 84.5 Å². The Hall–Kier alpha value is -3.93. The molecule has 0 aliphatic rings. The fraction of sp³-hybridized carbons (Fsp3) is 0.160. The molecular weight excluding hydrogens is 392 g/mol. The number of hydrogen-bond donors (Lipinski definition) is 2. The lowest BCUT2D eigenvalue weighted by atomic mass is 10.1. The minimum absolute atomic E-state index is 0.0856. The van der Waals surface area contributed by atoms with Gasteiger partial charge in [0, 0.05) is 24.7 Å². The van der Waals surface area contributed by atoms with E-state index >= 15 is 0 Å². The Morgan fingerprint density at radius 1 is 0.871 bits per heavy atom. The summed E-state index contributed by atoms with van der Waals surface area (Å²) in [5.41, 5.74) is 4.10. The van der Waals surface area contributed by atoms with Crippen molar-refractivity contribution in [2.75, 3.05) is 5.32 Å². The molecular formula is C25H24N2O4. The second-order valence-electron chi connectivity index (χ2n) is 7.21. The van der Waals surface area contributed by atoms with Gasteiger partial charge in [-0.05, 0) is 48.4 Å². The molecule has 158 valence electrons. The number of anilines is 1. The van der Waals surface area contributed by atoms with E-state index < -0.39 is 5.97 Å². The molecule has 3 aromatic carbocycles. The molecule has 0 spiro atoms. The number of amides is 2. The second-order valence-corrected chi connectivity index (χ2v) is 7.21. The van der Waals surface area contributed by atoms with Gasteiger partial charge in [-0.3, -0.25) is 14.4 Å². The van der Waals surface area contributed by atoms with Gasteiger partial charge in [-0.1, -0.05) is 48.0 Å². The monoisotopic (exact) mass is 416 g/mol. The van der Waals surface area contributed by atoms with Gasteiger partial charge in [0.1, 0.15) is 5.75 Å². The Kier molecular flexibility index (Phi) is 7.17. The summed E-state index contributed by atoms with van der Waals surface area (Å²) < 4.78 is 5.00. The smallest absolute Gasteiger partial charge is 0.308 e. The molecule has 31 heavy (non-hydrogen) atoms. The quantitative estimate of drug-likeness (QED) is 0.450. The zero-order chi connectivity index (χ0) is 22.2. The molecule has 0 saturated carbocycles. The number of carbonyl (C=O) groups excluding carboxylic acids is 3. The number of benzene rings is 3. The van der Waals surface area contributed by atoms with Crippen LogP contribution < -0.4 is 15.4 Å². The maximum absolute atomic E-state index is 12.4. The molecule has 0 unspecified atom stereocenters. The molecule has 6 nitrogen and oxygen atoms in total. The Morgan fingerprint density at radius 2 is 1.55 bits per heavy atom. The number of aryl methyl sites for hydroxylation is 1. The molecule has 0 aromatic heterocycles. The van der Waals surface area contributed by atoms with Crippen molar-refractivity contribution in [1.29, 1.82) is 0 Å². The predicted octanol–water partition coefficient (Wildman–Crippen LogP) is 4.03. The number of rotatable bonds is 7. The number of nitrogens with one attached hydrogen (secondary N) is 2. The van der Waals surface area contributed by atoms with Crippen molar-refractivity contribution in [3.05, 3.63) is 95.1 Å². The first-order valence-electron chi connectivity index (χ1n) is 9.90. The summed E-state index contributed by atoms with van der Waals surface area (Å²) in [6.07, 6.45) is 0.310. The number of hydrogen-bond acceptors (Lipinski definition) is 4. The Bertz CT molecular complexity index is 1070. The predicted molar refractivity (Wildman–Crippen MR) is 119 cm³/mol. The van der Waals surface area contributed by atoms with Crippen molar-refractivity contribution in [3.63, 3.8) is 0 Å². The van der Waals surface area contributed by atoms with Gasteiger partial charge in [-0.2, -0.15) is 0 Å². The molecule has 0 radical (unpaired) electrons. The van der Waals surface area contributed by atoms with Crippen LogP contribution in [0.3, 0.4) is 0 Å². The van der Waals surface area contributed by atoms with Gasteiger partial charge < -0.3 is 15.4 Å². The summed E-state index contributed by atoms with van der Waals surface area (Å²) >= 11 is 0. The third kappa shape index (κ3) is 6.82. The van der Waals surface area contributed by atoms with Crippen LogP contribution >= 0.6 is 0 Å². The van der Waals surface area contributed by atoms with Crippen LogP contribution in [0.2, 0.25) is 0 Å². The first-order chi connectivity index (χ1) is 14.9. The Morgan fingerprint density at radius 3 is 2.23 bits per heavy atom. The van der Waals surface area contributed by atoms with E-state index in [1.807, 2.05) is 43.3 Å². The van der Waals surface area contributed by atoms with Crippen molar-refractivity contribution >= 4 is 23.5 Å². The molecule has 0 atom stereocenters. The highest BCUT2D eigenvalue weighted by Gasteiger charge is 2.08. The van der Waals surface area contributed by atoms with Gasteiger partial charge in [0.05, 0.1) is 6.42 Å². The highest BCUT2D eigenvalue weighted by molar-refractivity contribution is 5.94.